The molecule has 2 N–H and O–H groups in total. The molecule has 0 aromatic carbocycles. The van der Waals surface area contributed by atoms with Crippen LogP contribution in [-0.4, -0.2) is 27.7 Å². The number of nitrogens with one attached hydrogen (secondary N) is 1. The SMILES string of the molecule is CCC(CO)Nc1ncnc2c(C)csc12. The van der Waals surface area contributed by atoms with E-state index in [2.05, 4.69) is 20.7 Å². The van der Waals surface area contributed by atoms with Crippen LogP contribution in [0.1, 0.15) is 18.9 Å². The Balaban J connectivity index is 2.37. The van der Waals surface area contributed by atoms with Gasteiger partial charge in [-0.1, -0.05) is 6.92 Å². The quantitative estimate of drug-likeness (QED) is 0.855. The average Bonchev–Trinajstić information content (AvgIpc) is 2.69. The molecular formula is C11H15N3OS. The van der Waals surface area contributed by atoms with E-state index in [0.29, 0.717) is 0 Å². The third-order valence-corrected chi connectivity index (χ3v) is 3.68. The van der Waals surface area contributed by atoms with Gasteiger partial charge in [0.2, 0.25) is 0 Å². The van der Waals surface area contributed by atoms with Crippen LogP contribution in [0.3, 0.4) is 0 Å². The predicted molar refractivity (Wildman–Crippen MR) is 66.9 cm³/mol. The van der Waals surface area contributed by atoms with E-state index >= 15 is 0 Å². The third kappa shape index (κ3) is 2.01. The highest BCUT2D eigenvalue weighted by Crippen LogP contribution is 2.28. The van der Waals surface area contributed by atoms with Crippen molar-refractivity contribution in [3.05, 3.63) is 17.3 Å². The van der Waals surface area contributed by atoms with E-state index in [1.165, 1.54) is 5.56 Å². The molecule has 0 aliphatic heterocycles. The summed E-state index contributed by atoms with van der Waals surface area (Å²) in [5.74, 6) is 0.823. The van der Waals surface area contributed by atoms with Crippen LogP contribution in [0.4, 0.5) is 5.82 Å². The summed E-state index contributed by atoms with van der Waals surface area (Å²) in [4.78, 5) is 8.49. The van der Waals surface area contributed by atoms with Gasteiger partial charge in [0.1, 0.15) is 12.1 Å². The number of aryl methyl sites for hydroxylation is 1. The molecule has 0 saturated heterocycles. The standard InChI is InChI=1S/C11H15N3OS/c1-3-8(4-15)14-11-10-9(12-6-13-11)7(2)5-16-10/h5-6,8,15H,3-4H2,1-2H3,(H,12,13,14). The first kappa shape index (κ1) is 11.3. The molecule has 0 radical (unpaired) electrons. The number of aliphatic hydroxyl groups excluding tert-OH is 1. The maximum atomic E-state index is 9.16. The van der Waals surface area contributed by atoms with Crippen LogP contribution in [0.5, 0.6) is 0 Å². The van der Waals surface area contributed by atoms with Gasteiger partial charge in [-0.2, -0.15) is 0 Å². The molecular weight excluding hydrogens is 222 g/mol. The number of hydrogen-bond acceptors (Lipinski definition) is 5. The molecule has 2 heterocycles. The van der Waals surface area contributed by atoms with Crippen molar-refractivity contribution in [2.45, 2.75) is 26.3 Å². The fourth-order valence-corrected chi connectivity index (χ4v) is 2.50. The predicted octanol–water partition coefficient (Wildman–Crippen LogP) is 2.18. The zero-order chi connectivity index (χ0) is 11.5. The van der Waals surface area contributed by atoms with Crippen molar-refractivity contribution in [2.75, 3.05) is 11.9 Å². The number of anilines is 1. The summed E-state index contributed by atoms with van der Waals surface area (Å²) in [6.07, 6.45) is 2.43. The number of aromatic nitrogens is 2. The van der Waals surface area contributed by atoms with E-state index in [1.54, 1.807) is 17.7 Å². The van der Waals surface area contributed by atoms with E-state index in [0.717, 1.165) is 22.5 Å². The van der Waals surface area contributed by atoms with Crippen molar-refractivity contribution in [1.29, 1.82) is 0 Å². The number of aliphatic hydroxyl groups is 1. The molecule has 2 rings (SSSR count). The van der Waals surface area contributed by atoms with Crippen molar-refractivity contribution in [2.24, 2.45) is 0 Å². The maximum absolute atomic E-state index is 9.16. The first-order valence-electron chi connectivity index (χ1n) is 5.32. The molecule has 0 bridgehead atoms. The van der Waals surface area contributed by atoms with Gasteiger partial charge in [0.25, 0.3) is 0 Å². The molecule has 1 atom stereocenters. The van der Waals surface area contributed by atoms with E-state index in [9.17, 15) is 0 Å². The van der Waals surface area contributed by atoms with Gasteiger partial charge in [0.05, 0.1) is 22.9 Å². The lowest BCUT2D eigenvalue weighted by molar-refractivity contribution is 0.271. The minimum absolute atomic E-state index is 0.0560. The second kappa shape index (κ2) is 4.76. The lowest BCUT2D eigenvalue weighted by atomic mass is 10.2. The highest BCUT2D eigenvalue weighted by atomic mass is 32.1. The number of fused-ring (bicyclic) bond motifs is 1. The second-order valence-corrected chi connectivity index (χ2v) is 4.63. The summed E-state index contributed by atoms with van der Waals surface area (Å²) in [7, 11) is 0. The average molecular weight is 237 g/mol. The summed E-state index contributed by atoms with van der Waals surface area (Å²) in [5, 5.41) is 14.5. The minimum atomic E-state index is 0.0560. The van der Waals surface area contributed by atoms with Crippen LogP contribution in [0.25, 0.3) is 10.2 Å². The summed E-state index contributed by atoms with van der Waals surface area (Å²) in [6.45, 7) is 4.19. The fourth-order valence-electron chi connectivity index (χ4n) is 1.54. The Morgan fingerprint density at radius 3 is 3.00 bits per heavy atom. The first-order valence-corrected chi connectivity index (χ1v) is 6.20. The largest absolute Gasteiger partial charge is 0.394 e. The number of thiophene rings is 1. The van der Waals surface area contributed by atoms with Crippen LogP contribution in [-0.2, 0) is 0 Å². The number of nitrogens with zero attached hydrogens (tertiary/aromatic N) is 2. The Morgan fingerprint density at radius 1 is 1.50 bits per heavy atom. The molecule has 4 nitrogen and oxygen atoms in total. The first-order chi connectivity index (χ1) is 7.76. The summed E-state index contributed by atoms with van der Waals surface area (Å²) >= 11 is 1.63. The lowest BCUT2D eigenvalue weighted by Crippen LogP contribution is -2.23. The molecule has 2 aromatic heterocycles. The van der Waals surface area contributed by atoms with Gasteiger partial charge in [-0.05, 0) is 24.3 Å². The number of hydrogen-bond donors (Lipinski definition) is 2. The smallest absolute Gasteiger partial charge is 0.147 e. The molecule has 0 fully saturated rings. The van der Waals surface area contributed by atoms with Gasteiger partial charge in [-0.3, -0.25) is 0 Å². The van der Waals surface area contributed by atoms with E-state index < -0.39 is 0 Å². The number of rotatable bonds is 4. The summed E-state index contributed by atoms with van der Waals surface area (Å²) in [6, 6.07) is 0.0560. The molecule has 0 aliphatic carbocycles. The summed E-state index contributed by atoms with van der Waals surface area (Å²) in [5.41, 5.74) is 2.16. The Kier molecular flexibility index (Phi) is 3.36. The summed E-state index contributed by atoms with van der Waals surface area (Å²) < 4.78 is 1.06. The molecule has 2 aromatic rings. The highest BCUT2D eigenvalue weighted by molar-refractivity contribution is 7.18. The van der Waals surface area contributed by atoms with Gasteiger partial charge >= 0.3 is 0 Å². The Hall–Kier alpha value is -1.20. The molecule has 1 unspecified atom stereocenters. The molecule has 0 spiro atoms. The van der Waals surface area contributed by atoms with Gasteiger partial charge in [0, 0.05) is 0 Å². The molecule has 5 heteroatoms. The van der Waals surface area contributed by atoms with Crippen LogP contribution in [0.2, 0.25) is 0 Å². The van der Waals surface area contributed by atoms with Gasteiger partial charge in [-0.15, -0.1) is 11.3 Å². The van der Waals surface area contributed by atoms with Crippen molar-refractivity contribution < 1.29 is 5.11 Å². The van der Waals surface area contributed by atoms with E-state index in [-0.39, 0.29) is 12.6 Å². The maximum Gasteiger partial charge on any atom is 0.147 e. The van der Waals surface area contributed by atoms with Crippen molar-refractivity contribution in [3.63, 3.8) is 0 Å². The van der Waals surface area contributed by atoms with E-state index in [4.69, 9.17) is 5.11 Å². The van der Waals surface area contributed by atoms with Crippen LogP contribution < -0.4 is 5.32 Å². The van der Waals surface area contributed by atoms with Gasteiger partial charge in [-0.25, -0.2) is 9.97 Å². The molecule has 16 heavy (non-hydrogen) atoms. The minimum Gasteiger partial charge on any atom is -0.394 e. The van der Waals surface area contributed by atoms with E-state index in [1.807, 2.05) is 13.8 Å². The normalized spacial score (nSPS) is 12.9. The Bertz CT molecular complexity index is 479. The Labute approximate surface area is 98.4 Å². The van der Waals surface area contributed by atoms with Gasteiger partial charge < -0.3 is 10.4 Å². The van der Waals surface area contributed by atoms with Crippen LogP contribution >= 0.6 is 11.3 Å². The Morgan fingerprint density at radius 2 is 2.31 bits per heavy atom. The van der Waals surface area contributed by atoms with Gasteiger partial charge in [0.15, 0.2) is 0 Å². The fraction of sp³-hybridized carbons (Fsp3) is 0.455. The van der Waals surface area contributed by atoms with Crippen LogP contribution in [0.15, 0.2) is 11.7 Å². The zero-order valence-corrected chi connectivity index (χ0v) is 10.2. The molecule has 86 valence electrons. The lowest BCUT2D eigenvalue weighted by Gasteiger charge is -2.14. The van der Waals surface area contributed by atoms with Crippen molar-refractivity contribution in [3.8, 4) is 0 Å². The monoisotopic (exact) mass is 237 g/mol. The third-order valence-electron chi connectivity index (χ3n) is 2.58. The zero-order valence-electron chi connectivity index (χ0n) is 9.40. The molecule has 0 aliphatic rings. The highest BCUT2D eigenvalue weighted by Gasteiger charge is 2.11. The second-order valence-electron chi connectivity index (χ2n) is 3.75. The van der Waals surface area contributed by atoms with Crippen molar-refractivity contribution in [1.82, 2.24) is 9.97 Å². The topological polar surface area (TPSA) is 58.0 Å². The van der Waals surface area contributed by atoms with Crippen LogP contribution in [0, 0.1) is 6.92 Å². The van der Waals surface area contributed by atoms with Crippen molar-refractivity contribution >= 4 is 27.4 Å². The molecule has 0 amide bonds. The molecule has 0 saturated carbocycles.